The summed E-state index contributed by atoms with van der Waals surface area (Å²) >= 11 is 0. The Kier molecular flexibility index (Phi) is 4.77. The molecule has 0 heterocycles. The second kappa shape index (κ2) is 7.15. The van der Waals surface area contributed by atoms with Crippen LogP contribution in [0.3, 0.4) is 0 Å². The second-order valence-electron chi connectivity index (χ2n) is 5.63. The van der Waals surface area contributed by atoms with Gasteiger partial charge < -0.3 is 4.74 Å². The molecule has 1 radical (unpaired) electrons. The van der Waals surface area contributed by atoms with Crippen LogP contribution in [0.1, 0.15) is 23.6 Å². The highest BCUT2D eigenvalue weighted by Gasteiger charge is 2.03. The van der Waals surface area contributed by atoms with Crippen molar-refractivity contribution in [3.05, 3.63) is 83.8 Å². The largest absolute Gasteiger partial charge is 0.496 e. The molecule has 0 unspecified atom stereocenters. The summed E-state index contributed by atoms with van der Waals surface area (Å²) in [6.45, 7) is 2.09. The molecule has 1 nitrogen and oxygen atoms in total. The number of methoxy groups -OCH3 is 1. The zero-order chi connectivity index (χ0) is 16.1. The second-order valence-corrected chi connectivity index (χ2v) is 5.63. The summed E-state index contributed by atoms with van der Waals surface area (Å²) in [5.74, 6) is 0.901. The molecule has 0 aliphatic rings. The normalized spacial score (nSPS) is 11.2. The predicted octanol–water partition coefficient (Wildman–Crippen LogP) is 5.79. The lowest BCUT2D eigenvalue weighted by molar-refractivity contribution is 0.414. The molecule has 0 saturated carbocycles. The van der Waals surface area contributed by atoms with Gasteiger partial charge in [0, 0.05) is 5.56 Å². The molecule has 0 saturated heterocycles. The molecule has 1 heteroatoms. The number of ether oxygens (including phenoxy) is 1. The molecule has 0 atom stereocenters. The Hall–Kier alpha value is -2.54. The summed E-state index contributed by atoms with van der Waals surface area (Å²) in [4.78, 5) is 0. The van der Waals surface area contributed by atoms with Gasteiger partial charge in [0.05, 0.1) is 7.11 Å². The first-order chi connectivity index (χ1) is 11.3. The van der Waals surface area contributed by atoms with Gasteiger partial charge in [-0.15, -0.1) is 0 Å². The van der Waals surface area contributed by atoms with Crippen LogP contribution in [0.15, 0.2) is 60.7 Å². The van der Waals surface area contributed by atoms with Crippen LogP contribution in [0.4, 0.5) is 0 Å². The van der Waals surface area contributed by atoms with Gasteiger partial charge in [-0.3, -0.25) is 0 Å². The van der Waals surface area contributed by atoms with Gasteiger partial charge in [-0.1, -0.05) is 67.6 Å². The maximum atomic E-state index is 5.55. The lowest BCUT2D eigenvalue weighted by Crippen LogP contribution is -1.88. The minimum atomic E-state index is 0.901. The predicted molar refractivity (Wildman–Crippen MR) is 99.5 cm³/mol. The summed E-state index contributed by atoms with van der Waals surface area (Å²) in [6, 6.07) is 21.2. The van der Waals surface area contributed by atoms with Crippen LogP contribution < -0.4 is 4.74 Å². The van der Waals surface area contributed by atoms with Crippen molar-refractivity contribution < 1.29 is 4.74 Å². The summed E-state index contributed by atoms with van der Waals surface area (Å²) in [5.41, 5.74) is 3.64. The van der Waals surface area contributed by atoms with Gasteiger partial charge in [0.2, 0.25) is 0 Å². The molecule has 0 aliphatic carbocycles. The third-order valence-corrected chi connectivity index (χ3v) is 3.94. The highest BCUT2D eigenvalue weighted by atomic mass is 16.5. The van der Waals surface area contributed by atoms with E-state index in [4.69, 9.17) is 4.74 Å². The highest BCUT2D eigenvalue weighted by molar-refractivity contribution is 5.88. The lowest BCUT2D eigenvalue weighted by Gasteiger charge is -2.07. The van der Waals surface area contributed by atoms with Gasteiger partial charge >= 0.3 is 0 Å². The molecule has 0 spiro atoms. The Labute approximate surface area is 138 Å². The molecule has 3 aromatic carbocycles. The number of benzene rings is 3. The van der Waals surface area contributed by atoms with Crippen molar-refractivity contribution in [2.24, 2.45) is 0 Å². The Morgan fingerprint density at radius 3 is 2.39 bits per heavy atom. The Morgan fingerprint density at radius 2 is 1.65 bits per heavy atom. The average Bonchev–Trinajstić information content (AvgIpc) is 2.59. The molecule has 0 bridgehead atoms. The van der Waals surface area contributed by atoms with Crippen molar-refractivity contribution in [3.8, 4) is 5.75 Å². The molecule has 0 aliphatic heterocycles. The molecular formula is C22H21O. The Morgan fingerprint density at radius 1 is 0.870 bits per heavy atom. The van der Waals surface area contributed by atoms with Gasteiger partial charge in [0.1, 0.15) is 5.75 Å². The Bertz CT molecular complexity index is 830. The first kappa shape index (κ1) is 15.4. The zero-order valence-corrected chi connectivity index (χ0v) is 13.6. The van der Waals surface area contributed by atoms with Gasteiger partial charge in [0.15, 0.2) is 0 Å². The van der Waals surface area contributed by atoms with Crippen LogP contribution in [-0.2, 0) is 6.42 Å². The van der Waals surface area contributed by atoms with Crippen molar-refractivity contribution in [1.82, 2.24) is 0 Å². The third-order valence-electron chi connectivity index (χ3n) is 3.94. The average molecular weight is 301 g/mol. The van der Waals surface area contributed by atoms with Crippen molar-refractivity contribution in [2.45, 2.75) is 13.3 Å². The minimum absolute atomic E-state index is 0.901. The van der Waals surface area contributed by atoms with Crippen LogP contribution in [0.2, 0.25) is 0 Å². The first-order valence-electron chi connectivity index (χ1n) is 7.92. The van der Waals surface area contributed by atoms with Crippen molar-refractivity contribution in [2.75, 3.05) is 7.11 Å². The minimum Gasteiger partial charge on any atom is -0.496 e. The fourth-order valence-corrected chi connectivity index (χ4v) is 2.79. The SMILES string of the molecule is C[CH]Cc1cccc(/C=C\c2cc3ccccc3cc2OC)c1. The van der Waals surface area contributed by atoms with Gasteiger partial charge in [0.25, 0.3) is 0 Å². The van der Waals surface area contributed by atoms with E-state index in [1.165, 1.54) is 21.9 Å². The van der Waals surface area contributed by atoms with Crippen LogP contribution >= 0.6 is 0 Å². The summed E-state index contributed by atoms with van der Waals surface area (Å²) in [5, 5.41) is 2.42. The van der Waals surface area contributed by atoms with E-state index in [-0.39, 0.29) is 0 Å². The molecule has 3 aromatic rings. The standard InChI is InChI=1S/C22H21O/c1-3-7-17-8-6-9-18(14-17)12-13-21-15-19-10-4-5-11-20(19)16-22(21)23-2/h3-6,8-16H,7H2,1-2H3/b13-12-. The molecule has 23 heavy (non-hydrogen) atoms. The van der Waals surface area contributed by atoms with Crippen molar-refractivity contribution in [1.29, 1.82) is 0 Å². The monoisotopic (exact) mass is 301 g/mol. The molecule has 115 valence electrons. The van der Waals surface area contributed by atoms with E-state index in [0.29, 0.717) is 0 Å². The van der Waals surface area contributed by atoms with E-state index in [2.05, 4.69) is 80.1 Å². The number of hydrogen-bond donors (Lipinski definition) is 0. The van der Waals surface area contributed by atoms with Gasteiger partial charge in [-0.2, -0.15) is 0 Å². The van der Waals surface area contributed by atoms with E-state index < -0.39 is 0 Å². The molecule has 0 aromatic heterocycles. The number of fused-ring (bicyclic) bond motifs is 1. The van der Waals surface area contributed by atoms with E-state index in [1.54, 1.807) is 7.11 Å². The fourth-order valence-electron chi connectivity index (χ4n) is 2.79. The molecular weight excluding hydrogens is 280 g/mol. The van der Waals surface area contributed by atoms with E-state index in [0.717, 1.165) is 17.7 Å². The maximum absolute atomic E-state index is 5.55. The molecule has 0 N–H and O–H groups in total. The quantitative estimate of drug-likeness (QED) is 0.542. The molecule has 0 amide bonds. The van der Waals surface area contributed by atoms with Crippen LogP contribution in [-0.4, -0.2) is 7.11 Å². The van der Waals surface area contributed by atoms with Crippen molar-refractivity contribution >= 4 is 22.9 Å². The van der Waals surface area contributed by atoms with E-state index in [1.807, 2.05) is 6.07 Å². The highest BCUT2D eigenvalue weighted by Crippen LogP contribution is 2.27. The summed E-state index contributed by atoms with van der Waals surface area (Å²) in [6.07, 6.45) is 7.45. The maximum Gasteiger partial charge on any atom is 0.126 e. The zero-order valence-electron chi connectivity index (χ0n) is 13.6. The van der Waals surface area contributed by atoms with E-state index in [9.17, 15) is 0 Å². The van der Waals surface area contributed by atoms with Gasteiger partial charge in [-0.05, 0) is 46.9 Å². The van der Waals surface area contributed by atoms with Gasteiger partial charge in [-0.25, -0.2) is 0 Å². The summed E-state index contributed by atoms with van der Waals surface area (Å²) in [7, 11) is 1.72. The van der Waals surface area contributed by atoms with Crippen LogP contribution in [0.5, 0.6) is 5.75 Å². The lowest BCUT2D eigenvalue weighted by atomic mass is 10.0. The Balaban J connectivity index is 1.95. The number of hydrogen-bond acceptors (Lipinski definition) is 1. The number of rotatable bonds is 5. The van der Waals surface area contributed by atoms with E-state index >= 15 is 0 Å². The van der Waals surface area contributed by atoms with Crippen LogP contribution in [0.25, 0.3) is 22.9 Å². The fraction of sp³-hybridized carbons (Fsp3) is 0.136. The smallest absolute Gasteiger partial charge is 0.126 e. The molecule has 0 fully saturated rings. The first-order valence-corrected chi connectivity index (χ1v) is 7.92. The van der Waals surface area contributed by atoms with Crippen molar-refractivity contribution in [3.63, 3.8) is 0 Å². The third kappa shape index (κ3) is 3.62. The van der Waals surface area contributed by atoms with Crippen LogP contribution in [0, 0.1) is 6.42 Å². The topological polar surface area (TPSA) is 9.23 Å². The molecule has 3 rings (SSSR count). The summed E-state index contributed by atoms with van der Waals surface area (Å²) < 4.78 is 5.55.